The quantitative estimate of drug-likeness (QED) is 0.168. The fourth-order valence-corrected chi connectivity index (χ4v) is 6.27. The standard InChI is InChI=1S/C32H18N3O.Ir/c1-34-29-24(33-32(34)18-8-3-2-4-9-18)16-14-22-21-15-17-26-27(30(21)36-31(22)29)23-12-7-11-20-19-10-5-6-13-25(19)35(26)28(20)23;/h2-8,10-17H,1H3;/q-1;. The van der Waals surface area contributed by atoms with Crippen LogP contribution in [0.25, 0.3) is 82.5 Å². The van der Waals surface area contributed by atoms with Gasteiger partial charge in [0.1, 0.15) is 11.1 Å². The summed E-state index contributed by atoms with van der Waals surface area (Å²) in [6, 6.07) is 35.2. The van der Waals surface area contributed by atoms with Crippen molar-refractivity contribution in [1.82, 2.24) is 14.0 Å². The molecule has 4 aromatic heterocycles. The van der Waals surface area contributed by atoms with Gasteiger partial charge < -0.3 is 13.4 Å². The van der Waals surface area contributed by atoms with Crippen molar-refractivity contribution in [3.8, 4) is 11.4 Å². The van der Waals surface area contributed by atoms with Gasteiger partial charge >= 0.3 is 0 Å². The number of benzene rings is 5. The molecule has 0 aliphatic carbocycles. The Hall–Kier alpha value is -4.18. The number of imidazole rings is 1. The normalized spacial score (nSPS) is 12.2. The second-order valence-electron chi connectivity index (χ2n) is 9.57. The van der Waals surface area contributed by atoms with Crippen molar-refractivity contribution in [3.05, 3.63) is 97.1 Å². The fourth-order valence-electron chi connectivity index (χ4n) is 6.27. The van der Waals surface area contributed by atoms with Crippen molar-refractivity contribution >= 4 is 71.1 Å². The van der Waals surface area contributed by atoms with Crippen molar-refractivity contribution in [2.75, 3.05) is 0 Å². The molecular formula is C32H18IrN3O-. The fraction of sp³-hybridized carbons (Fsp3) is 0.0312. The first kappa shape index (κ1) is 21.0. The van der Waals surface area contributed by atoms with Gasteiger partial charge in [0, 0.05) is 54.1 Å². The van der Waals surface area contributed by atoms with Crippen LogP contribution in [0.15, 0.2) is 95.4 Å². The average molecular weight is 653 g/mol. The van der Waals surface area contributed by atoms with Crippen LogP contribution in [-0.4, -0.2) is 14.0 Å². The Morgan fingerprint density at radius 2 is 1.46 bits per heavy atom. The van der Waals surface area contributed by atoms with E-state index in [2.05, 4.69) is 88.8 Å². The second kappa shape index (κ2) is 7.19. The monoisotopic (exact) mass is 653 g/mol. The van der Waals surface area contributed by atoms with E-state index >= 15 is 0 Å². The summed E-state index contributed by atoms with van der Waals surface area (Å²) in [7, 11) is 2.06. The molecule has 37 heavy (non-hydrogen) atoms. The minimum Gasteiger partial charge on any atom is -0.453 e. The third kappa shape index (κ3) is 2.48. The van der Waals surface area contributed by atoms with E-state index < -0.39 is 0 Å². The van der Waals surface area contributed by atoms with E-state index in [9.17, 15) is 0 Å². The van der Waals surface area contributed by atoms with Crippen molar-refractivity contribution in [1.29, 1.82) is 0 Å². The van der Waals surface area contributed by atoms with Crippen LogP contribution in [0.3, 0.4) is 0 Å². The Labute approximate surface area is 224 Å². The van der Waals surface area contributed by atoms with Gasteiger partial charge in [-0.2, -0.15) is 0 Å². The predicted molar refractivity (Wildman–Crippen MR) is 147 cm³/mol. The zero-order valence-electron chi connectivity index (χ0n) is 19.7. The molecule has 5 heteroatoms. The van der Waals surface area contributed by atoms with Crippen LogP contribution < -0.4 is 0 Å². The first-order valence-corrected chi connectivity index (χ1v) is 12.1. The Kier molecular flexibility index (Phi) is 4.07. The van der Waals surface area contributed by atoms with Gasteiger partial charge in [0.15, 0.2) is 5.58 Å². The topological polar surface area (TPSA) is 35.4 Å². The number of hydrogen-bond donors (Lipinski definition) is 0. The summed E-state index contributed by atoms with van der Waals surface area (Å²) in [5.41, 5.74) is 8.37. The largest absolute Gasteiger partial charge is 0.453 e. The van der Waals surface area contributed by atoms with Crippen molar-refractivity contribution in [2.24, 2.45) is 7.05 Å². The van der Waals surface area contributed by atoms with Crippen LogP contribution in [-0.2, 0) is 27.2 Å². The molecule has 0 atom stereocenters. The zero-order chi connectivity index (χ0) is 23.5. The summed E-state index contributed by atoms with van der Waals surface area (Å²) in [5.74, 6) is 0.885. The van der Waals surface area contributed by atoms with Crippen molar-refractivity contribution < 1.29 is 24.5 Å². The molecule has 4 heterocycles. The molecule has 0 aliphatic rings. The summed E-state index contributed by atoms with van der Waals surface area (Å²) in [5, 5.41) is 7.20. The maximum Gasteiger partial charge on any atom is 0.160 e. The number of hydrogen-bond acceptors (Lipinski definition) is 2. The summed E-state index contributed by atoms with van der Waals surface area (Å²) in [6.07, 6.45) is 0. The number of furan rings is 1. The van der Waals surface area contributed by atoms with Gasteiger partial charge in [0.25, 0.3) is 0 Å². The first-order valence-electron chi connectivity index (χ1n) is 12.1. The average Bonchev–Trinajstić information content (AvgIpc) is 3.65. The molecule has 0 saturated heterocycles. The summed E-state index contributed by atoms with van der Waals surface area (Å²) in [6.45, 7) is 0. The third-order valence-corrected chi connectivity index (χ3v) is 7.77. The van der Waals surface area contributed by atoms with E-state index in [1.54, 1.807) is 0 Å². The van der Waals surface area contributed by atoms with Gasteiger partial charge in [0.05, 0.1) is 33.3 Å². The van der Waals surface area contributed by atoms with E-state index in [4.69, 9.17) is 9.40 Å². The number of fused-ring (bicyclic) bond motifs is 12. The Balaban J connectivity index is 0.00000215. The van der Waals surface area contributed by atoms with Crippen molar-refractivity contribution in [3.63, 3.8) is 0 Å². The second-order valence-corrected chi connectivity index (χ2v) is 9.57. The zero-order valence-corrected chi connectivity index (χ0v) is 22.1. The van der Waals surface area contributed by atoms with Crippen molar-refractivity contribution in [2.45, 2.75) is 0 Å². The van der Waals surface area contributed by atoms with Crippen LogP contribution in [0, 0.1) is 6.07 Å². The summed E-state index contributed by atoms with van der Waals surface area (Å²) < 4.78 is 11.3. The van der Waals surface area contributed by atoms with Gasteiger partial charge in [-0.05, 0) is 30.3 Å². The van der Waals surface area contributed by atoms with Crippen LogP contribution in [0.2, 0.25) is 0 Å². The maximum absolute atomic E-state index is 6.80. The third-order valence-electron chi connectivity index (χ3n) is 7.77. The molecule has 0 amide bonds. The molecule has 0 N–H and O–H groups in total. The number of para-hydroxylation sites is 2. The van der Waals surface area contributed by atoms with E-state index in [1.807, 2.05) is 24.3 Å². The van der Waals surface area contributed by atoms with Gasteiger partial charge in [0.2, 0.25) is 0 Å². The van der Waals surface area contributed by atoms with E-state index in [0.29, 0.717) is 0 Å². The Morgan fingerprint density at radius 3 is 2.35 bits per heavy atom. The van der Waals surface area contributed by atoms with Gasteiger partial charge in [-0.1, -0.05) is 36.4 Å². The SMILES string of the molecule is Cn1c(-c2[c-]cccc2)nc2ccc3c4ccc5c(c6cccc7c8ccccc8n5c76)c4oc3c21.[Ir]. The van der Waals surface area contributed by atoms with Crippen LogP contribution in [0.5, 0.6) is 0 Å². The van der Waals surface area contributed by atoms with E-state index in [-0.39, 0.29) is 20.1 Å². The minimum atomic E-state index is 0. The molecule has 1 radical (unpaired) electrons. The van der Waals surface area contributed by atoms with E-state index in [1.165, 1.54) is 38.1 Å². The minimum absolute atomic E-state index is 0. The molecule has 0 bridgehead atoms. The molecule has 0 saturated carbocycles. The van der Waals surface area contributed by atoms with Crippen LogP contribution in [0.1, 0.15) is 0 Å². The summed E-state index contributed by atoms with van der Waals surface area (Å²) >= 11 is 0. The molecular weight excluding hydrogens is 635 g/mol. The number of aryl methyl sites for hydroxylation is 1. The molecule has 177 valence electrons. The van der Waals surface area contributed by atoms with Gasteiger partial charge in [-0.3, -0.25) is 4.98 Å². The Morgan fingerprint density at radius 1 is 0.676 bits per heavy atom. The summed E-state index contributed by atoms with van der Waals surface area (Å²) in [4.78, 5) is 4.93. The molecule has 9 aromatic rings. The Bertz CT molecular complexity index is 2320. The molecule has 5 aromatic carbocycles. The number of rotatable bonds is 1. The van der Waals surface area contributed by atoms with E-state index in [0.717, 1.165) is 44.4 Å². The number of aromatic nitrogens is 3. The smallest absolute Gasteiger partial charge is 0.160 e. The molecule has 0 unspecified atom stereocenters. The number of nitrogens with zero attached hydrogens (tertiary/aromatic N) is 3. The maximum atomic E-state index is 6.80. The van der Waals surface area contributed by atoms with Crippen LogP contribution >= 0.6 is 0 Å². The molecule has 9 rings (SSSR count). The molecule has 0 spiro atoms. The molecule has 4 nitrogen and oxygen atoms in total. The molecule has 0 aliphatic heterocycles. The predicted octanol–water partition coefficient (Wildman–Crippen LogP) is 8.09. The first-order chi connectivity index (χ1) is 17.8. The van der Waals surface area contributed by atoms with Crippen LogP contribution in [0.4, 0.5) is 0 Å². The molecule has 0 fully saturated rings. The van der Waals surface area contributed by atoms with Gasteiger partial charge in [-0.15, -0.1) is 35.9 Å². The van der Waals surface area contributed by atoms with Gasteiger partial charge in [-0.25, -0.2) is 0 Å².